The SMILES string of the molecule is CC1(Oc2cc(C(=O)O)ccc2C(F)(F)F)CC2CC1C1CCCC21. The van der Waals surface area contributed by atoms with Crippen LogP contribution in [0.3, 0.4) is 0 Å². The number of ether oxygens (including phenoxy) is 1. The minimum atomic E-state index is -4.57. The second-order valence-corrected chi connectivity index (χ2v) is 7.99. The van der Waals surface area contributed by atoms with E-state index in [1.165, 1.54) is 12.8 Å². The van der Waals surface area contributed by atoms with E-state index in [9.17, 15) is 18.0 Å². The number of hydrogen-bond donors (Lipinski definition) is 1. The molecule has 2 bridgehead atoms. The van der Waals surface area contributed by atoms with Crippen LogP contribution in [0.1, 0.15) is 54.9 Å². The summed E-state index contributed by atoms with van der Waals surface area (Å²) in [5.41, 5.74) is -1.73. The molecule has 0 amide bonds. The van der Waals surface area contributed by atoms with Crippen molar-refractivity contribution in [1.82, 2.24) is 0 Å². The topological polar surface area (TPSA) is 46.5 Å². The number of benzene rings is 1. The number of carbonyl (C=O) groups is 1. The third-order valence-electron chi connectivity index (χ3n) is 6.63. The Bertz CT molecular complexity index is 714. The van der Waals surface area contributed by atoms with E-state index >= 15 is 0 Å². The Morgan fingerprint density at radius 1 is 1.28 bits per heavy atom. The van der Waals surface area contributed by atoms with Gasteiger partial charge in [0.15, 0.2) is 0 Å². The van der Waals surface area contributed by atoms with E-state index in [1.807, 2.05) is 6.92 Å². The van der Waals surface area contributed by atoms with Gasteiger partial charge in [0, 0.05) is 5.92 Å². The first kappa shape index (κ1) is 16.7. The number of hydrogen-bond acceptors (Lipinski definition) is 2. The van der Waals surface area contributed by atoms with Crippen LogP contribution in [0.5, 0.6) is 5.75 Å². The predicted molar refractivity (Wildman–Crippen MR) is 84.5 cm³/mol. The van der Waals surface area contributed by atoms with Gasteiger partial charge in [-0.1, -0.05) is 6.42 Å². The summed E-state index contributed by atoms with van der Waals surface area (Å²) in [7, 11) is 0. The highest BCUT2D eigenvalue weighted by atomic mass is 19.4. The highest BCUT2D eigenvalue weighted by Crippen LogP contribution is 2.63. The molecule has 1 N–H and O–H groups in total. The first-order valence-electron chi connectivity index (χ1n) is 8.82. The van der Waals surface area contributed by atoms with Crippen LogP contribution in [0.4, 0.5) is 13.2 Å². The molecule has 1 aromatic rings. The number of rotatable bonds is 3. The van der Waals surface area contributed by atoms with Crippen LogP contribution in [-0.4, -0.2) is 16.7 Å². The van der Waals surface area contributed by atoms with Crippen LogP contribution in [0.25, 0.3) is 0 Å². The Hall–Kier alpha value is -1.72. The van der Waals surface area contributed by atoms with Gasteiger partial charge in [-0.05, 0) is 68.6 Å². The molecule has 3 aliphatic carbocycles. The molecule has 5 unspecified atom stereocenters. The van der Waals surface area contributed by atoms with E-state index < -0.39 is 23.3 Å². The summed E-state index contributed by atoms with van der Waals surface area (Å²) < 4.78 is 46.0. The van der Waals surface area contributed by atoms with Crippen LogP contribution >= 0.6 is 0 Å². The highest BCUT2D eigenvalue weighted by Gasteiger charge is 2.60. The van der Waals surface area contributed by atoms with E-state index in [0.29, 0.717) is 17.8 Å². The van der Waals surface area contributed by atoms with Gasteiger partial charge in [-0.15, -0.1) is 0 Å². The summed E-state index contributed by atoms with van der Waals surface area (Å²) in [5.74, 6) is 0.429. The molecular weight excluding hydrogens is 333 g/mol. The van der Waals surface area contributed by atoms with Crippen LogP contribution < -0.4 is 4.74 Å². The minimum absolute atomic E-state index is 0.187. The van der Waals surface area contributed by atoms with Gasteiger partial charge in [-0.25, -0.2) is 4.79 Å². The summed E-state index contributed by atoms with van der Waals surface area (Å²) in [4.78, 5) is 11.2. The molecule has 0 aromatic heterocycles. The Morgan fingerprint density at radius 2 is 2.00 bits per heavy atom. The molecule has 25 heavy (non-hydrogen) atoms. The summed E-state index contributed by atoms with van der Waals surface area (Å²) in [5, 5.41) is 9.12. The monoisotopic (exact) mass is 354 g/mol. The Balaban J connectivity index is 1.68. The summed E-state index contributed by atoms with van der Waals surface area (Å²) in [6.45, 7) is 1.90. The van der Waals surface area contributed by atoms with Crippen LogP contribution in [0, 0.1) is 23.7 Å². The first-order chi connectivity index (χ1) is 11.7. The number of aromatic carboxylic acids is 1. The van der Waals surface area contributed by atoms with Gasteiger partial charge in [-0.2, -0.15) is 13.2 Å². The van der Waals surface area contributed by atoms with Crippen molar-refractivity contribution in [1.29, 1.82) is 0 Å². The van der Waals surface area contributed by atoms with Crippen molar-refractivity contribution >= 4 is 5.97 Å². The quantitative estimate of drug-likeness (QED) is 0.831. The van der Waals surface area contributed by atoms with Crippen LogP contribution in [-0.2, 0) is 6.18 Å². The standard InChI is InChI=1S/C19H21F3O3/c1-18(9-11-7-15(18)13-4-2-3-12(11)13)25-16-8-10(17(23)24)5-6-14(16)19(20,21)22/h5-6,8,11-13,15H,2-4,7,9H2,1H3,(H,23,24). The van der Waals surface area contributed by atoms with Crippen molar-refractivity contribution < 1.29 is 27.8 Å². The molecule has 1 aromatic carbocycles. The maximum Gasteiger partial charge on any atom is 0.419 e. The lowest BCUT2D eigenvalue weighted by Gasteiger charge is -2.41. The normalized spacial score (nSPS) is 36.5. The average Bonchev–Trinajstić information content (AvgIpc) is 3.17. The lowest BCUT2D eigenvalue weighted by Crippen LogP contribution is -2.44. The van der Waals surface area contributed by atoms with E-state index in [1.54, 1.807) is 0 Å². The van der Waals surface area contributed by atoms with Gasteiger partial charge < -0.3 is 9.84 Å². The third kappa shape index (κ3) is 2.61. The lowest BCUT2D eigenvalue weighted by atomic mass is 9.73. The summed E-state index contributed by atoms with van der Waals surface area (Å²) in [6, 6.07) is 2.82. The number of alkyl halides is 3. The number of fused-ring (bicyclic) bond motifs is 5. The van der Waals surface area contributed by atoms with Crippen molar-refractivity contribution in [2.75, 3.05) is 0 Å². The molecule has 6 heteroatoms. The molecule has 5 atom stereocenters. The van der Waals surface area contributed by atoms with Crippen molar-refractivity contribution in [2.45, 2.75) is 50.8 Å². The van der Waals surface area contributed by atoms with Gasteiger partial charge >= 0.3 is 12.1 Å². The second-order valence-electron chi connectivity index (χ2n) is 7.99. The van der Waals surface area contributed by atoms with E-state index in [2.05, 4.69) is 0 Å². The smallest absolute Gasteiger partial charge is 0.419 e. The van der Waals surface area contributed by atoms with E-state index in [4.69, 9.17) is 9.84 Å². The van der Waals surface area contributed by atoms with E-state index in [0.717, 1.165) is 37.5 Å². The summed E-state index contributed by atoms with van der Waals surface area (Å²) in [6.07, 6.45) is 0.756. The fraction of sp³-hybridized carbons (Fsp3) is 0.632. The van der Waals surface area contributed by atoms with Crippen molar-refractivity contribution in [3.05, 3.63) is 29.3 Å². The van der Waals surface area contributed by atoms with Gasteiger partial charge in [0.05, 0.1) is 11.1 Å². The molecule has 3 nitrogen and oxygen atoms in total. The molecule has 3 saturated carbocycles. The molecule has 136 valence electrons. The lowest BCUT2D eigenvalue weighted by molar-refractivity contribution is -0.140. The van der Waals surface area contributed by atoms with Gasteiger partial charge in [0.25, 0.3) is 0 Å². The average molecular weight is 354 g/mol. The maximum atomic E-state index is 13.4. The largest absolute Gasteiger partial charge is 0.487 e. The zero-order valence-corrected chi connectivity index (χ0v) is 14.0. The molecule has 0 heterocycles. The molecule has 0 spiro atoms. The fourth-order valence-corrected chi connectivity index (χ4v) is 5.73. The van der Waals surface area contributed by atoms with Gasteiger partial charge in [0.2, 0.25) is 0 Å². The molecule has 3 fully saturated rings. The minimum Gasteiger partial charge on any atom is -0.487 e. The van der Waals surface area contributed by atoms with Crippen LogP contribution in [0.2, 0.25) is 0 Å². The Kier molecular flexibility index (Phi) is 3.61. The van der Waals surface area contributed by atoms with E-state index in [-0.39, 0.29) is 17.2 Å². The van der Waals surface area contributed by atoms with Crippen molar-refractivity contribution in [3.63, 3.8) is 0 Å². The molecule has 0 saturated heterocycles. The second kappa shape index (κ2) is 5.39. The van der Waals surface area contributed by atoms with Gasteiger partial charge in [0.1, 0.15) is 11.4 Å². The highest BCUT2D eigenvalue weighted by molar-refractivity contribution is 5.88. The van der Waals surface area contributed by atoms with Crippen molar-refractivity contribution in [3.8, 4) is 5.75 Å². The first-order valence-corrected chi connectivity index (χ1v) is 8.82. The predicted octanol–water partition coefficient (Wildman–Crippen LogP) is 5.00. The Morgan fingerprint density at radius 3 is 2.68 bits per heavy atom. The molecule has 0 radical (unpaired) electrons. The zero-order chi connectivity index (χ0) is 18.0. The van der Waals surface area contributed by atoms with Gasteiger partial charge in [-0.3, -0.25) is 0 Å². The fourth-order valence-electron chi connectivity index (χ4n) is 5.73. The Labute approximate surface area is 144 Å². The maximum absolute atomic E-state index is 13.4. The molecular formula is C19H21F3O3. The van der Waals surface area contributed by atoms with Crippen molar-refractivity contribution in [2.24, 2.45) is 23.7 Å². The van der Waals surface area contributed by atoms with Crippen LogP contribution in [0.15, 0.2) is 18.2 Å². The molecule has 0 aliphatic heterocycles. The molecule has 4 rings (SSSR count). The number of carboxylic acid groups (broad SMARTS) is 1. The zero-order valence-electron chi connectivity index (χ0n) is 14.0. The third-order valence-corrected chi connectivity index (χ3v) is 6.63. The number of carboxylic acids is 1. The number of halogens is 3. The molecule has 3 aliphatic rings. The summed E-state index contributed by atoms with van der Waals surface area (Å²) >= 11 is 0.